The van der Waals surface area contributed by atoms with Gasteiger partial charge in [0.2, 0.25) is 0 Å². The summed E-state index contributed by atoms with van der Waals surface area (Å²) in [6.07, 6.45) is 1.79. The number of fused-ring (bicyclic) bond motifs is 1. The highest BCUT2D eigenvalue weighted by Crippen LogP contribution is 2.25. The highest BCUT2D eigenvalue weighted by Gasteiger charge is 2.18. The molecule has 1 N–H and O–H groups in total. The van der Waals surface area contributed by atoms with Gasteiger partial charge in [-0.25, -0.2) is 0 Å². The zero-order chi connectivity index (χ0) is 14.8. The number of hydrogen-bond acceptors (Lipinski definition) is 3. The van der Waals surface area contributed by atoms with Crippen LogP contribution in [0.1, 0.15) is 26.3 Å². The summed E-state index contributed by atoms with van der Waals surface area (Å²) in [6, 6.07) is 7.82. The maximum Gasteiger partial charge on any atom is 0.0761 e. The van der Waals surface area contributed by atoms with E-state index in [9.17, 15) is 5.11 Å². The Hall–Kier alpha value is -1.16. The van der Waals surface area contributed by atoms with E-state index in [1.54, 1.807) is 6.20 Å². The quantitative estimate of drug-likeness (QED) is 0.916. The van der Waals surface area contributed by atoms with E-state index in [0.717, 1.165) is 34.6 Å². The molecule has 1 heterocycles. The third-order valence-corrected chi connectivity index (χ3v) is 3.58. The first-order valence-corrected chi connectivity index (χ1v) is 7.25. The normalized spacial score (nSPS) is 12.3. The topological polar surface area (TPSA) is 36.4 Å². The van der Waals surface area contributed by atoms with Gasteiger partial charge in [-0.3, -0.25) is 9.88 Å². The van der Waals surface area contributed by atoms with Crippen molar-refractivity contribution in [1.82, 2.24) is 9.88 Å². The van der Waals surface area contributed by atoms with Gasteiger partial charge in [0.25, 0.3) is 0 Å². The van der Waals surface area contributed by atoms with Crippen LogP contribution in [0.5, 0.6) is 0 Å². The molecule has 0 spiro atoms. The molecule has 4 heteroatoms. The number of benzene rings is 1. The summed E-state index contributed by atoms with van der Waals surface area (Å²) in [6.45, 7) is 8.01. The molecular formula is C16H21ClN2O. The number of aromatic nitrogens is 1. The maximum absolute atomic E-state index is 9.98. The van der Waals surface area contributed by atoms with Crippen LogP contribution in [0.4, 0.5) is 0 Å². The second-order valence-corrected chi connectivity index (χ2v) is 6.13. The Morgan fingerprint density at radius 3 is 2.70 bits per heavy atom. The van der Waals surface area contributed by atoms with Crippen LogP contribution in [0.2, 0.25) is 5.02 Å². The van der Waals surface area contributed by atoms with Gasteiger partial charge in [-0.1, -0.05) is 24.6 Å². The van der Waals surface area contributed by atoms with E-state index in [-0.39, 0.29) is 0 Å². The Morgan fingerprint density at radius 2 is 2.05 bits per heavy atom. The summed E-state index contributed by atoms with van der Waals surface area (Å²) in [4.78, 5) is 6.66. The minimum atomic E-state index is -0.703. The monoisotopic (exact) mass is 292 g/mol. The van der Waals surface area contributed by atoms with Crippen LogP contribution in [0, 0.1) is 0 Å². The average Bonchev–Trinajstić information content (AvgIpc) is 2.40. The predicted molar refractivity (Wildman–Crippen MR) is 84.0 cm³/mol. The number of halogens is 1. The fourth-order valence-electron chi connectivity index (χ4n) is 2.39. The van der Waals surface area contributed by atoms with Crippen LogP contribution in [0.3, 0.4) is 0 Å². The van der Waals surface area contributed by atoms with Crippen molar-refractivity contribution < 1.29 is 5.11 Å². The third-order valence-electron chi connectivity index (χ3n) is 3.25. The van der Waals surface area contributed by atoms with Crippen LogP contribution < -0.4 is 0 Å². The van der Waals surface area contributed by atoms with Crippen molar-refractivity contribution >= 4 is 22.5 Å². The summed E-state index contributed by atoms with van der Waals surface area (Å²) in [5.74, 6) is 0. The smallest absolute Gasteiger partial charge is 0.0761 e. The van der Waals surface area contributed by atoms with E-state index in [2.05, 4.69) is 16.8 Å². The second kappa shape index (κ2) is 6.08. The van der Waals surface area contributed by atoms with Crippen molar-refractivity contribution in [3.63, 3.8) is 0 Å². The number of likely N-dealkylation sites (N-methyl/N-ethyl adjacent to an activating group) is 1. The Labute approximate surface area is 125 Å². The molecule has 3 nitrogen and oxygen atoms in total. The standard InChI is InChI=1S/C16H21ClN2O/c1-4-19(11-16(2,3)20)10-12-7-8-14(17)13-6-5-9-18-15(12)13/h5-9,20H,4,10-11H2,1-3H3. The van der Waals surface area contributed by atoms with Crippen molar-refractivity contribution in [2.75, 3.05) is 13.1 Å². The summed E-state index contributed by atoms with van der Waals surface area (Å²) in [7, 11) is 0. The van der Waals surface area contributed by atoms with Gasteiger partial charge in [-0.15, -0.1) is 0 Å². The van der Waals surface area contributed by atoms with Crippen LogP contribution >= 0.6 is 11.6 Å². The summed E-state index contributed by atoms with van der Waals surface area (Å²) in [5, 5.41) is 11.7. The molecule has 0 radical (unpaired) electrons. The molecule has 0 aliphatic rings. The molecule has 0 aliphatic carbocycles. The fraction of sp³-hybridized carbons (Fsp3) is 0.438. The van der Waals surface area contributed by atoms with Crippen molar-refractivity contribution in [3.05, 3.63) is 41.0 Å². The lowest BCUT2D eigenvalue weighted by atomic mass is 10.1. The van der Waals surface area contributed by atoms with Crippen LogP contribution in [0.15, 0.2) is 30.5 Å². The zero-order valence-corrected chi connectivity index (χ0v) is 13.0. The van der Waals surface area contributed by atoms with Crippen molar-refractivity contribution in [2.45, 2.75) is 32.9 Å². The Bertz CT molecular complexity index is 593. The Morgan fingerprint density at radius 1 is 1.30 bits per heavy atom. The summed E-state index contributed by atoms with van der Waals surface area (Å²) < 4.78 is 0. The molecule has 0 bridgehead atoms. The minimum absolute atomic E-state index is 0.625. The van der Waals surface area contributed by atoms with Crippen molar-refractivity contribution in [1.29, 1.82) is 0 Å². The number of nitrogens with zero attached hydrogens (tertiary/aromatic N) is 2. The largest absolute Gasteiger partial charge is 0.389 e. The van der Waals surface area contributed by atoms with E-state index in [1.165, 1.54) is 0 Å². The van der Waals surface area contributed by atoms with Crippen molar-refractivity contribution in [2.24, 2.45) is 0 Å². The number of rotatable bonds is 5. The molecule has 0 amide bonds. The molecule has 108 valence electrons. The van der Waals surface area contributed by atoms with Crippen LogP contribution in [0.25, 0.3) is 10.9 Å². The molecule has 0 saturated carbocycles. The maximum atomic E-state index is 9.98. The first-order valence-electron chi connectivity index (χ1n) is 6.87. The van der Waals surface area contributed by atoms with Gasteiger partial charge < -0.3 is 5.11 Å². The molecular weight excluding hydrogens is 272 g/mol. The molecule has 0 fully saturated rings. The lowest BCUT2D eigenvalue weighted by Gasteiger charge is -2.28. The van der Waals surface area contributed by atoms with Gasteiger partial charge in [0.05, 0.1) is 11.1 Å². The van der Waals surface area contributed by atoms with Gasteiger partial charge in [0, 0.05) is 29.7 Å². The molecule has 1 aromatic heterocycles. The van der Waals surface area contributed by atoms with Crippen LogP contribution in [-0.2, 0) is 6.54 Å². The number of pyridine rings is 1. The molecule has 0 aliphatic heterocycles. The zero-order valence-electron chi connectivity index (χ0n) is 12.2. The summed E-state index contributed by atoms with van der Waals surface area (Å²) in [5.41, 5.74) is 1.37. The third kappa shape index (κ3) is 3.69. The summed E-state index contributed by atoms with van der Waals surface area (Å²) >= 11 is 6.21. The number of aliphatic hydroxyl groups is 1. The van der Waals surface area contributed by atoms with Crippen molar-refractivity contribution in [3.8, 4) is 0 Å². The molecule has 1 aromatic carbocycles. The Kier molecular flexibility index (Phi) is 4.63. The molecule has 2 aromatic rings. The highest BCUT2D eigenvalue weighted by molar-refractivity contribution is 6.35. The van der Waals surface area contributed by atoms with Gasteiger partial charge in [0.15, 0.2) is 0 Å². The first-order chi connectivity index (χ1) is 9.40. The molecule has 2 rings (SSSR count). The highest BCUT2D eigenvalue weighted by atomic mass is 35.5. The molecule has 0 atom stereocenters. The predicted octanol–water partition coefficient (Wildman–Crippen LogP) is 3.48. The molecule has 0 unspecified atom stereocenters. The first kappa shape index (κ1) is 15.2. The second-order valence-electron chi connectivity index (χ2n) is 5.72. The van der Waals surface area contributed by atoms with E-state index in [0.29, 0.717) is 6.54 Å². The lowest BCUT2D eigenvalue weighted by molar-refractivity contribution is 0.0354. The van der Waals surface area contributed by atoms with Crippen LogP contribution in [-0.4, -0.2) is 33.7 Å². The Balaban J connectivity index is 2.31. The number of hydrogen-bond donors (Lipinski definition) is 1. The SMILES string of the molecule is CCN(Cc1ccc(Cl)c2cccnc12)CC(C)(C)O. The van der Waals surface area contributed by atoms with Gasteiger partial charge >= 0.3 is 0 Å². The fourth-order valence-corrected chi connectivity index (χ4v) is 2.61. The van der Waals surface area contributed by atoms with E-state index >= 15 is 0 Å². The lowest BCUT2D eigenvalue weighted by Crippen LogP contribution is -2.38. The van der Waals surface area contributed by atoms with E-state index in [1.807, 2.05) is 38.1 Å². The average molecular weight is 293 g/mol. The van der Waals surface area contributed by atoms with Gasteiger partial charge in [-0.2, -0.15) is 0 Å². The van der Waals surface area contributed by atoms with E-state index in [4.69, 9.17) is 11.6 Å². The van der Waals surface area contributed by atoms with Gasteiger partial charge in [-0.05, 0) is 44.2 Å². The molecule has 20 heavy (non-hydrogen) atoms. The van der Waals surface area contributed by atoms with E-state index < -0.39 is 5.60 Å². The molecule has 0 saturated heterocycles. The van der Waals surface area contributed by atoms with Gasteiger partial charge in [0.1, 0.15) is 0 Å². The minimum Gasteiger partial charge on any atom is -0.389 e.